The number of aromatic hydroxyl groups is 2. The largest absolute Gasteiger partial charge is 0.507 e. The predicted molar refractivity (Wildman–Crippen MR) is 113 cm³/mol. The number of carbonyl (C=O) groups is 2. The number of phenolic OH excluding ortho intramolecular Hbond substituents is 2. The van der Waals surface area contributed by atoms with Crippen molar-refractivity contribution in [2.75, 3.05) is 13.7 Å². The van der Waals surface area contributed by atoms with Crippen molar-refractivity contribution in [3.05, 3.63) is 52.6 Å². The van der Waals surface area contributed by atoms with Crippen molar-refractivity contribution in [3.8, 4) is 17.2 Å². The van der Waals surface area contributed by atoms with Crippen LogP contribution in [0.4, 0.5) is 0 Å². The summed E-state index contributed by atoms with van der Waals surface area (Å²) >= 11 is 0. The molecule has 0 spiro atoms. The van der Waals surface area contributed by atoms with Gasteiger partial charge >= 0.3 is 5.97 Å². The van der Waals surface area contributed by atoms with E-state index in [-0.39, 0.29) is 34.5 Å². The Bertz CT molecular complexity index is 980. The minimum Gasteiger partial charge on any atom is -0.507 e. The van der Waals surface area contributed by atoms with Crippen LogP contribution >= 0.6 is 0 Å². The maximum atomic E-state index is 12.7. The fourth-order valence-electron chi connectivity index (χ4n) is 3.98. The minimum absolute atomic E-state index is 0.0106. The van der Waals surface area contributed by atoms with Crippen molar-refractivity contribution >= 4 is 11.8 Å². The molecule has 0 fully saturated rings. The van der Waals surface area contributed by atoms with E-state index in [0.717, 1.165) is 32.1 Å². The van der Waals surface area contributed by atoms with Crippen LogP contribution in [-0.2, 0) is 15.6 Å². The third kappa shape index (κ3) is 3.99. The van der Waals surface area contributed by atoms with E-state index in [4.69, 9.17) is 4.74 Å². The lowest BCUT2D eigenvalue weighted by molar-refractivity contribution is 0.0593. The normalized spacial score (nSPS) is 16.4. The van der Waals surface area contributed by atoms with Crippen molar-refractivity contribution in [3.63, 3.8) is 0 Å². The second-order valence-electron chi connectivity index (χ2n) is 9.07. The maximum absolute atomic E-state index is 12.7. The highest BCUT2D eigenvalue weighted by atomic mass is 16.5. The van der Waals surface area contributed by atoms with Gasteiger partial charge in [-0.2, -0.15) is 0 Å². The summed E-state index contributed by atoms with van der Waals surface area (Å²) in [5.74, 6) is -1.98. The van der Waals surface area contributed by atoms with E-state index in [1.165, 1.54) is 11.1 Å². The molecule has 6 heteroatoms. The molecule has 160 valence electrons. The molecule has 2 N–H and O–H groups in total. The molecule has 1 aliphatic carbocycles. The number of ketones is 1. The summed E-state index contributed by atoms with van der Waals surface area (Å²) in [6.45, 7) is 8.57. The Morgan fingerprint density at radius 1 is 0.933 bits per heavy atom. The molecule has 2 aromatic carbocycles. The van der Waals surface area contributed by atoms with E-state index in [0.29, 0.717) is 5.56 Å². The van der Waals surface area contributed by atoms with Gasteiger partial charge in [-0.25, -0.2) is 4.79 Å². The average Bonchev–Trinajstić information content (AvgIpc) is 2.68. The molecule has 0 unspecified atom stereocenters. The fourth-order valence-corrected chi connectivity index (χ4v) is 3.98. The third-order valence-electron chi connectivity index (χ3n) is 6.00. The molecule has 0 heterocycles. The Hall–Kier alpha value is -3.02. The standard InChI is InChI=1S/C24H28O6/c1-23(2)8-9-24(3,4)17-10-14(6-7-16(17)23)20(27)13-30-15-11-18(25)21(19(26)12-15)22(28)29-5/h6-7,10-12,25-26H,8-9,13H2,1-5H3. The van der Waals surface area contributed by atoms with Crippen molar-refractivity contribution in [2.24, 2.45) is 0 Å². The van der Waals surface area contributed by atoms with Gasteiger partial charge in [-0.1, -0.05) is 39.8 Å². The number of ether oxygens (including phenoxy) is 2. The molecule has 0 atom stereocenters. The zero-order valence-corrected chi connectivity index (χ0v) is 18.0. The molecule has 0 aromatic heterocycles. The molecular weight excluding hydrogens is 384 g/mol. The lowest BCUT2D eigenvalue weighted by atomic mass is 9.63. The number of rotatable bonds is 5. The van der Waals surface area contributed by atoms with Crippen LogP contribution in [-0.4, -0.2) is 35.7 Å². The van der Waals surface area contributed by atoms with Gasteiger partial charge in [0.05, 0.1) is 7.11 Å². The molecule has 0 aliphatic heterocycles. The van der Waals surface area contributed by atoms with E-state index in [1.807, 2.05) is 18.2 Å². The van der Waals surface area contributed by atoms with Crippen LogP contribution in [0.1, 0.15) is 72.4 Å². The number of Topliss-reactive ketones (excluding diaryl/α,β-unsaturated/α-hetero) is 1. The zero-order chi connectivity index (χ0) is 22.3. The Balaban J connectivity index is 1.80. The molecule has 0 saturated heterocycles. The summed E-state index contributed by atoms with van der Waals surface area (Å²) in [5, 5.41) is 19.9. The molecule has 0 amide bonds. The molecule has 3 rings (SSSR count). The van der Waals surface area contributed by atoms with Gasteiger partial charge in [0.25, 0.3) is 0 Å². The second kappa shape index (κ2) is 7.67. The molecule has 0 bridgehead atoms. The quantitative estimate of drug-likeness (QED) is 0.555. The minimum atomic E-state index is -0.868. The van der Waals surface area contributed by atoms with Gasteiger partial charge in [0.15, 0.2) is 12.4 Å². The van der Waals surface area contributed by atoms with Crippen molar-refractivity contribution in [1.29, 1.82) is 0 Å². The SMILES string of the molecule is COC(=O)c1c(O)cc(OCC(=O)c2ccc3c(c2)C(C)(C)CCC3(C)C)cc1O. The van der Waals surface area contributed by atoms with E-state index in [9.17, 15) is 19.8 Å². The number of benzene rings is 2. The first-order valence-corrected chi connectivity index (χ1v) is 9.91. The van der Waals surface area contributed by atoms with Crippen LogP contribution in [0.3, 0.4) is 0 Å². The van der Waals surface area contributed by atoms with Gasteiger partial charge in [-0.15, -0.1) is 0 Å². The van der Waals surface area contributed by atoms with Crippen LogP contribution in [0.15, 0.2) is 30.3 Å². The summed E-state index contributed by atoms with van der Waals surface area (Å²) < 4.78 is 9.98. The highest BCUT2D eigenvalue weighted by Gasteiger charge is 2.37. The number of carbonyl (C=O) groups excluding carboxylic acids is 2. The van der Waals surface area contributed by atoms with Gasteiger partial charge < -0.3 is 19.7 Å². The van der Waals surface area contributed by atoms with Crippen LogP contribution < -0.4 is 4.74 Å². The van der Waals surface area contributed by atoms with Crippen molar-refractivity contribution in [1.82, 2.24) is 0 Å². The number of methoxy groups -OCH3 is 1. The van der Waals surface area contributed by atoms with Crippen molar-refractivity contribution in [2.45, 2.75) is 51.4 Å². The Morgan fingerprint density at radius 2 is 1.50 bits per heavy atom. The predicted octanol–water partition coefficient (Wildman–Crippen LogP) is 4.50. The van der Waals surface area contributed by atoms with Crippen LogP contribution in [0.5, 0.6) is 17.2 Å². The number of phenols is 2. The molecule has 0 radical (unpaired) electrons. The number of fused-ring (bicyclic) bond motifs is 1. The van der Waals surface area contributed by atoms with Crippen molar-refractivity contribution < 1.29 is 29.3 Å². The maximum Gasteiger partial charge on any atom is 0.345 e. The Kier molecular flexibility index (Phi) is 5.54. The Morgan fingerprint density at radius 3 is 2.07 bits per heavy atom. The second-order valence-corrected chi connectivity index (χ2v) is 9.07. The van der Waals surface area contributed by atoms with Gasteiger partial charge in [0.2, 0.25) is 0 Å². The smallest absolute Gasteiger partial charge is 0.345 e. The first-order valence-electron chi connectivity index (χ1n) is 9.91. The third-order valence-corrected chi connectivity index (χ3v) is 6.00. The summed E-state index contributed by atoms with van der Waals surface area (Å²) in [7, 11) is 1.14. The van der Waals surface area contributed by atoms with Gasteiger partial charge in [-0.3, -0.25) is 4.79 Å². The summed E-state index contributed by atoms with van der Waals surface area (Å²) in [5.41, 5.74) is 2.71. The van der Waals surface area contributed by atoms with Gasteiger partial charge in [0, 0.05) is 17.7 Å². The molecule has 1 aliphatic rings. The first kappa shape index (κ1) is 21.7. The first-order chi connectivity index (χ1) is 14.0. The lowest BCUT2D eigenvalue weighted by Gasteiger charge is -2.42. The number of hydrogen-bond acceptors (Lipinski definition) is 6. The lowest BCUT2D eigenvalue weighted by Crippen LogP contribution is -2.34. The van der Waals surface area contributed by atoms with E-state index < -0.39 is 17.5 Å². The number of esters is 1. The highest BCUT2D eigenvalue weighted by molar-refractivity contribution is 5.98. The summed E-state index contributed by atoms with van der Waals surface area (Å²) in [6, 6.07) is 8.14. The monoisotopic (exact) mass is 412 g/mol. The summed E-state index contributed by atoms with van der Waals surface area (Å²) in [6.07, 6.45) is 2.14. The average molecular weight is 412 g/mol. The fraction of sp³-hybridized carbons (Fsp3) is 0.417. The molecule has 0 saturated carbocycles. The van der Waals surface area contributed by atoms with E-state index >= 15 is 0 Å². The summed E-state index contributed by atoms with van der Waals surface area (Å²) in [4.78, 5) is 24.3. The van der Waals surface area contributed by atoms with Crippen LogP contribution in [0, 0.1) is 0 Å². The highest BCUT2D eigenvalue weighted by Crippen LogP contribution is 2.46. The topological polar surface area (TPSA) is 93.1 Å². The van der Waals surface area contributed by atoms with Crippen LogP contribution in [0.25, 0.3) is 0 Å². The van der Waals surface area contributed by atoms with Gasteiger partial charge in [-0.05, 0) is 40.9 Å². The molecule has 30 heavy (non-hydrogen) atoms. The van der Waals surface area contributed by atoms with Gasteiger partial charge in [0.1, 0.15) is 22.8 Å². The molecule has 2 aromatic rings. The van der Waals surface area contributed by atoms with E-state index in [2.05, 4.69) is 32.4 Å². The van der Waals surface area contributed by atoms with Crippen LogP contribution in [0.2, 0.25) is 0 Å². The Labute approximate surface area is 176 Å². The molecule has 6 nitrogen and oxygen atoms in total. The van der Waals surface area contributed by atoms with E-state index in [1.54, 1.807) is 0 Å². The molecular formula is C24H28O6. The number of hydrogen-bond donors (Lipinski definition) is 2. The zero-order valence-electron chi connectivity index (χ0n) is 18.0.